The molecule has 2 aromatic heterocycles. The third-order valence-electron chi connectivity index (χ3n) is 4.29. The molecule has 0 saturated carbocycles. The second-order valence-corrected chi connectivity index (χ2v) is 5.84. The third kappa shape index (κ3) is 3.19. The van der Waals surface area contributed by atoms with Gasteiger partial charge in [0.25, 0.3) is 5.91 Å². The Morgan fingerprint density at radius 3 is 2.72 bits per heavy atom. The normalized spacial score (nSPS) is 14.2. The molecule has 0 spiro atoms. The summed E-state index contributed by atoms with van der Waals surface area (Å²) in [6.07, 6.45) is 7.62. The molecule has 0 fully saturated rings. The average molecular weight is 331 g/mol. The Kier molecular flexibility index (Phi) is 4.08. The highest BCUT2D eigenvalue weighted by Gasteiger charge is 2.20. The number of rotatable bonds is 3. The molecule has 124 valence electrons. The molecule has 1 amide bonds. The molecule has 6 heteroatoms. The van der Waals surface area contributed by atoms with Gasteiger partial charge in [-0.05, 0) is 29.7 Å². The van der Waals surface area contributed by atoms with Gasteiger partial charge in [-0.3, -0.25) is 4.79 Å². The second-order valence-electron chi connectivity index (χ2n) is 5.84. The number of pyridine rings is 1. The molecule has 0 saturated heterocycles. The first kappa shape index (κ1) is 15.3. The molecule has 0 atom stereocenters. The van der Waals surface area contributed by atoms with Gasteiger partial charge in [-0.25, -0.2) is 14.6 Å². The number of benzene rings is 1. The van der Waals surface area contributed by atoms with Gasteiger partial charge in [0.05, 0.1) is 0 Å². The van der Waals surface area contributed by atoms with Crippen molar-refractivity contribution in [3.05, 3.63) is 78.5 Å². The highest BCUT2D eigenvalue weighted by Crippen LogP contribution is 2.23. The first-order valence-electron chi connectivity index (χ1n) is 8.16. The molecule has 6 nitrogen and oxygen atoms in total. The minimum absolute atomic E-state index is 0.00660. The lowest BCUT2D eigenvalue weighted by Gasteiger charge is -2.27. The fraction of sp³-hybridized carbons (Fsp3) is 0.158. The van der Waals surface area contributed by atoms with E-state index in [-0.39, 0.29) is 5.91 Å². The van der Waals surface area contributed by atoms with Crippen molar-refractivity contribution in [2.45, 2.75) is 6.42 Å². The van der Waals surface area contributed by atoms with Crippen LogP contribution in [0.15, 0.2) is 67.4 Å². The zero-order valence-corrected chi connectivity index (χ0v) is 13.6. The Bertz CT molecular complexity index is 903. The molecule has 0 aliphatic carbocycles. The zero-order chi connectivity index (χ0) is 17.1. The molecule has 3 heterocycles. The van der Waals surface area contributed by atoms with Gasteiger partial charge in [0.15, 0.2) is 5.82 Å². The number of hydrogen-bond acceptors (Lipinski definition) is 4. The van der Waals surface area contributed by atoms with Crippen LogP contribution in [0.2, 0.25) is 0 Å². The lowest BCUT2D eigenvalue weighted by Crippen LogP contribution is -2.34. The Labute approximate surface area is 145 Å². The predicted molar refractivity (Wildman–Crippen MR) is 94.1 cm³/mol. The fourth-order valence-corrected chi connectivity index (χ4v) is 2.95. The van der Waals surface area contributed by atoms with Gasteiger partial charge in [-0.15, -0.1) is 0 Å². The van der Waals surface area contributed by atoms with Crippen LogP contribution in [-0.4, -0.2) is 43.6 Å². The maximum atomic E-state index is 12.8. The predicted octanol–water partition coefficient (Wildman–Crippen LogP) is 2.59. The molecule has 0 radical (unpaired) electrons. The van der Waals surface area contributed by atoms with Gasteiger partial charge in [0, 0.05) is 24.8 Å². The molecule has 0 N–H and O–H groups in total. The molecule has 0 unspecified atom stereocenters. The van der Waals surface area contributed by atoms with Crippen molar-refractivity contribution >= 4 is 11.5 Å². The van der Waals surface area contributed by atoms with Crippen molar-refractivity contribution in [2.24, 2.45) is 0 Å². The molecular weight excluding hydrogens is 314 g/mol. The highest BCUT2D eigenvalue weighted by molar-refractivity contribution is 5.95. The molecule has 1 aromatic carbocycles. The van der Waals surface area contributed by atoms with Gasteiger partial charge in [0.2, 0.25) is 0 Å². The summed E-state index contributed by atoms with van der Waals surface area (Å²) in [7, 11) is 0. The maximum Gasteiger partial charge on any atom is 0.254 e. The first-order chi connectivity index (χ1) is 12.3. The van der Waals surface area contributed by atoms with Gasteiger partial charge in [-0.2, -0.15) is 5.10 Å². The van der Waals surface area contributed by atoms with Gasteiger partial charge in [0.1, 0.15) is 12.7 Å². The topological polar surface area (TPSA) is 63.9 Å². The van der Waals surface area contributed by atoms with E-state index in [0.717, 1.165) is 6.42 Å². The van der Waals surface area contributed by atoms with Crippen molar-refractivity contribution in [3.8, 4) is 5.82 Å². The standard InChI is InChI=1S/C19H17N5O/c25-19(17-6-9-21-18(12-17)24-14-20-13-22-24)23-10-7-16(8-11-23)15-4-2-1-3-5-15/h1-7,9,12-14H,8,10-11H2. The lowest BCUT2D eigenvalue weighted by molar-refractivity contribution is 0.0772. The van der Waals surface area contributed by atoms with Crippen LogP contribution < -0.4 is 0 Å². The summed E-state index contributed by atoms with van der Waals surface area (Å²) < 4.78 is 1.54. The van der Waals surface area contributed by atoms with Crippen LogP contribution in [0.5, 0.6) is 0 Å². The zero-order valence-electron chi connectivity index (χ0n) is 13.6. The monoisotopic (exact) mass is 331 g/mol. The van der Waals surface area contributed by atoms with E-state index < -0.39 is 0 Å². The Balaban J connectivity index is 1.51. The van der Waals surface area contributed by atoms with Crippen LogP contribution >= 0.6 is 0 Å². The van der Waals surface area contributed by atoms with Crippen LogP contribution in [0.1, 0.15) is 22.3 Å². The molecule has 0 bridgehead atoms. The Morgan fingerprint density at radius 2 is 2.00 bits per heavy atom. The number of carbonyl (C=O) groups is 1. The van der Waals surface area contributed by atoms with Gasteiger partial charge in [-0.1, -0.05) is 36.4 Å². The smallest absolute Gasteiger partial charge is 0.254 e. The van der Waals surface area contributed by atoms with Crippen molar-refractivity contribution in [2.75, 3.05) is 13.1 Å². The lowest BCUT2D eigenvalue weighted by atomic mass is 9.99. The summed E-state index contributed by atoms with van der Waals surface area (Å²) in [6, 6.07) is 13.8. The summed E-state index contributed by atoms with van der Waals surface area (Å²) in [6.45, 7) is 1.32. The number of amides is 1. The van der Waals surface area contributed by atoms with E-state index in [1.54, 1.807) is 29.3 Å². The minimum atomic E-state index is 0.00660. The van der Waals surface area contributed by atoms with Crippen LogP contribution in [0.3, 0.4) is 0 Å². The molecule has 1 aliphatic heterocycles. The Morgan fingerprint density at radius 1 is 1.12 bits per heavy atom. The minimum Gasteiger partial charge on any atom is -0.335 e. The van der Waals surface area contributed by atoms with Crippen LogP contribution in [-0.2, 0) is 0 Å². The maximum absolute atomic E-state index is 12.8. The van der Waals surface area contributed by atoms with E-state index in [1.807, 2.05) is 23.1 Å². The van der Waals surface area contributed by atoms with E-state index in [4.69, 9.17) is 0 Å². The molecule has 3 aromatic rings. The summed E-state index contributed by atoms with van der Waals surface area (Å²) in [5, 5.41) is 4.05. The summed E-state index contributed by atoms with van der Waals surface area (Å²) >= 11 is 0. The quantitative estimate of drug-likeness (QED) is 0.740. The largest absolute Gasteiger partial charge is 0.335 e. The van der Waals surface area contributed by atoms with Crippen LogP contribution in [0.4, 0.5) is 0 Å². The summed E-state index contributed by atoms with van der Waals surface area (Å²) in [4.78, 5) is 22.8. The summed E-state index contributed by atoms with van der Waals surface area (Å²) in [5.41, 5.74) is 3.13. The van der Waals surface area contributed by atoms with E-state index in [1.165, 1.54) is 17.5 Å². The van der Waals surface area contributed by atoms with Crippen molar-refractivity contribution in [3.63, 3.8) is 0 Å². The molecule has 1 aliphatic rings. The third-order valence-corrected chi connectivity index (χ3v) is 4.29. The molecular formula is C19H17N5O. The fourth-order valence-electron chi connectivity index (χ4n) is 2.95. The van der Waals surface area contributed by atoms with Crippen molar-refractivity contribution < 1.29 is 4.79 Å². The summed E-state index contributed by atoms with van der Waals surface area (Å²) in [5.74, 6) is 0.591. The van der Waals surface area contributed by atoms with Crippen LogP contribution in [0, 0.1) is 0 Å². The molecule has 4 rings (SSSR count). The van der Waals surface area contributed by atoms with E-state index in [9.17, 15) is 4.79 Å². The van der Waals surface area contributed by atoms with Crippen molar-refractivity contribution in [1.82, 2.24) is 24.6 Å². The highest BCUT2D eigenvalue weighted by atomic mass is 16.2. The average Bonchev–Trinajstić information content (AvgIpc) is 3.23. The second kappa shape index (κ2) is 6.68. The SMILES string of the molecule is O=C(c1ccnc(-n2cncn2)c1)N1CC=C(c2ccccc2)CC1. The van der Waals surface area contributed by atoms with E-state index >= 15 is 0 Å². The van der Waals surface area contributed by atoms with E-state index in [2.05, 4.69) is 33.3 Å². The Hall–Kier alpha value is -3.28. The van der Waals surface area contributed by atoms with E-state index in [0.29, 0.717) is 24.5 Å². The number of aromatic nitrogens is 4. The van der Waals surface area contributed by atoms with Gasteiger partial charge >= 0.3 is 0 Å². The van der Waals surface area contributed by atoms with Gasteiger partial charge < -0.3 is 4.90 Å². The first-order valence-corrected chi connectivity index (χ1v) is 8.16. The van der Waals surface area contributed by atoms with Crippen molar-refractivity contribution in [1.29, 1.82) is 0 Å². The van der Waals surface area contributed by atoms with Crippen LogP contribution in [0.25, 0.3) is 11.4 Å². The molecule has 25 heavy (non-hydrogen) atoms. The number of hydrogen-bond donors (Lipinski definition) is 0. The number of nitrogens with zero attached hydrogens (tertiary/aromatic N) is 5. The number of carbonyl (C=O) groups excluding carboxylic acids is 1.